The summed E-state index contributed by atoms with van der Waals surface area (Å²) in [6.07, 6.45) is -0.941. The van der Waals surface area contributed by atoms with Gasteiger partial charge in [0.25, 0.3) is 0 Å². The van der Waals surface area contributed by atoms with Crippen molar-refractivity contribution in [3.05, 3.63) is 34.9 Å². The average molecular weight is 425 g/mol. The molecule has 166 valence electrons. The molecule has 1 N–H and O–H groups in total. The second-order valence-electron chi connectivity index (χ2n) is 8.76. The van der Waals surface area contributed by atoms with Gasteiger partial charge in [-0.05, 0) is 48.4 Å². The molecule has 0 bridgehead atoms. The molecule has 0 radical (unpaired) electrons. The third-order valence-electron chi connectivity index (χ3n) is 5.50. The second kappa shape index (κ2) is 9.86. The third kappa shape index (κ3) is 6.76. The Kier molecular flexibility index (Phi) is 7.45. The van der Waals surface area contributed by atoms with E-state index in [4.69, 9.17) is 4.74 Å². The summed E-state index contributed by atoms with van der Waals surface area (Å²) in [6, 6.07) is 5.74. The van der Waals surface area contributed by atoms with Gasteiger partial charge in [0, 0.05) is 32.6 Å². The predicted octanol–water partition coefficient (Wildman–Crippen LogP) is 4.44. The van der Waals surface area contributed by atoms with Crippen LogP contribution in [-0.2, 0) is 11.2 Å². The summed E-state index contributed by atoms with van der Waals surface area (Å²) in [4.78, 5) is 14.4. The van der Waals surface area contributed by atoms with E-state index < -0.39 is 12.6 Å². The van der Waals surface area contributed by atoms with Gasteiger partial charge in [-0.15, -0.1) is 0 Å². The van der Waals surface area contributed by atoms with Gasteiger partial charge in [-0.3, -0.25) is 9.69 Å². The van der Waals surface area contributed by atoms with Gasteiger partial charge in [-0.25, -0.2) is 0 Å². The van der Waals surface area contributed by atoms with Crippen LogP contribution in [0.5, 0.6) is 5.75 Å². The van der Waals surface area contributed by atoms with E-state index in [-0.39, 0.29) is 24.9 Å². The zero-order valence-electron chi connectivity index (χ0n) is 17.7. The number of rotatable bonds is 9. The number of hydrogen-bond acceptors (Lipinski definition) is 3. The molecule has 4 nitrogen and oxygen atoms in total. The Hall–Kier alpha value is -2.02. The molecule has 3 rings (SSSR count). The minimum atomic E-state index is -4.13. The van der Waals surface area contributed by atoms with Gasteiger partial charge in [0.05, 0.1) is 12.5 Å². The fourth-order valence-corrected chi connectivity index (χ4v) is 3.80. The lowest BCUT2D eigenvalue weighted by Crippen LogP contribution is -2.54. The number of carbonyl (C=O) groups is 1. The number of amides is 1. The number of nitrogens with zero attached hydrogens (tertiary/aromatic N) is 1. The van der Waals surface area contributed by atoms with Crippen LogP contribution in [0.25, 0.3) is 6.08 Å². The van der Waals surface area contributed by atoms with E-state index in [1.54, 1.807) is 0 Å². The van der Waals surface area contributed by atoms with Crippen molar-refractivity contribution in [1.82, 2.24) is 10.2 Å². The molecule has 1 aliphatic carbocycles. The molecule has 1 aromatic rings. The van der Waals surface area contributed by atoms with Gasteiger partial charge >= 0.3 is 6.18 Å². The SMILES string of the molecule is CC(C)CNC(=O)C1CN(CC2=Cc3ccc(OCCCC(F)(F)F)cc3CC2)C1. The minimum absolute atomic E-state index is 0.0308. The molecule has 0 unspecified atom stereocenters. The standard InChI is InChI=1S/C23H31F3N2O2/c1-16(2)12-27-22(29)20-14-28(15-20)13-17-4-5-19-11-21(7-6-18(19)10-17)30-9-3-8-23(24,25)26/h6-7,10-11,16,20H,3-5,8-9,12-15H2,1-2H3,(H,27,29). The number of likely N-dealkylation sites (tertiary alicyclic amines) is 1. The van der Waals surface area contributed by atoms with Crippen LogP contribution in [0.3, 0.4) is 0 Å². The van der Waals surface area contributed by atoms with Crippen LogP contribution in [0.4, 0.5) is 13.2 Å². The van der Waals surface area contributed by atoms with E-state index in [1.165, 1.54) is 11.1 Å². The molecule has 0 atom stereocenters. The third-order valence-corrected chi connectivity index (χ3v) is 5.50. The van der Waals surface area contributed by atoms with Crippen molar-refractivity contribution in [2.75, 3.05) is 32.8 Å². The number of nitrogens with one attached hydrogen (secondary N) is 1. The number of ether oxygens (including phenoxy) is 1. The number of aryl methyl sites for hydroxylation is 1. The quantitative estimate of drug-likeness (QED) is 0.596. The van der Waals surface area contributed by atoms with Crippen molar-refractivity contribution in [2.45, 2.75) is 45.7 Å². The highest BCUT2D eigenvalue weighted by Gasteiger charge is 2.32. The first kappa shape index (κ1) is 22.7. The molecular formula is C23H31F3N2O2. The van der Waals surface area contributed by atoms with Gasteiger partial charge in [0.2, 0.25) is 5.91 Å². The van der Waals surface area contributed by atoms with Gasteiger partial charge in [0.1, 0.15) is 5.75 Å². The number of alkyl halides is 3. The molecule has 0 saturated carbocycles. The molecule has 30 heavy (non-hydrogen) atoms. The number of hydrogen-bond donors (Lipinski definition) is 1. The summed E-state index contributed by atoms with van der Waals surface area (Å²) in [5.41, 5.74) is 3.66. The second-order valence-corrected chi connectivity index (χ2v) is 8.76. The summed E-state index contributed by atoms with van der Waals surface area (Å²) >= 11 is 0. The van der Waals surface area contributed by atoms with E-state index in [2.05, 4.69) is 30.1 Å². The smallest absolute Gasteiger partial charge is 0.389 e. The zero-order valence-corrected chi connectivity index (χ0v) is 17.7. The van der Waals surface area contributed by atoms with Crippen molar-refractivity contribution in [3.8, 4) is 5.75 Å². The number of halogens is 3. The average Bonchev–Trinajstić information content (AvgIpc) is 2.65. The molecule has 0 spiro atoms. The van der Waals surface area contributed by atoms with Crippen molar-refractivity contribution >= 4 is 12.0 Å². The normalized spacial score (nSPS) is 17.3. The number of carbonyl (C=O) groups excluding carboxylic acids is 1. The maximum absolute atomic E-state index is 12.2. The summed E-state index contributed by atoms with van der Waals surface area (Å²) < 4.78 is 42.1. The zero-order chi connectivity index (χ0) is 21.7. The van der Waals surface area contributed by atoms with Crippen molar-refractivity contribution in [3.63, 3.8) is 0 Å². The van der Waals surface area contributed by atoms with Crippen LogP contribution in [0, 0.1) is 11.8 Å². The highest BCUT2D eigenvalue weighted by atomic mass is 19.4. The number of fused-ring (bicyclic) bond motifs is 1. The van der Waals surface area contributed by atoms with Gasteiger partial charge < -0.3 is 10.1 Å². The van der Waals surface area contributed by atoms with Crippen molar-refractivity contribution in [2.24, 2.45) is 11.8 Å². The van der Waals surface area contributed by atoms with Crippen molar-refractivity contribution < 1.29 is 22.7 Å². The molecule has 1 heterocycles. The van der Waals surface area contributed by atoms with Crippen LogP contribution in [-0.4, -0.2) is 49.8 Å². The molecule has 1 amide bonds. The Balaban J connectivity index is 1.44. The Labute approximate surface area is 176 Å². The molecule has 2 aliphatic rings. The molecule has 0 aromatic heterocycles. The van der Waals surface area contributed by atoms with Crippen LogP contribution in [0.1, 0.15) is 44.2 Å². The van der Waals surface area contributed by atoms with E-state index >= 15 is 0 Å². The van der Waals surface area contributed by atoms with E-state index in [0.29, 0.717) is 11.7 Å². The monoisotopic (exact) mass is 424 g/mol. The molecule has 1 fully saturated rings. The summed E-state index contributed by atoms with van der Waals surface area (Å²) in [5.74, 6) is 1.34. The fourth-order valence-electron chi connectivity index (χ4n) is 3.80. The van der Waals surface area contributed by atoms with Gasteiger partial charge in [-0.2, -0.15) is 13.2 Å². The maximum atomic E-state index is 12.2. The molecule has 7 heteroatoms. The first-order chi connectivity index (χ1) is 14.2. The summed E-state index contributed by atoms with van der Waals surface area (Å²) in [7, 11) is 0. The Morgan fingerprint density at radius 1 is 1.27 bits per heavy atom. The van der Waals surface area contributed by atoms with E-state index in [1.807, 2.05) is 18.2 Å². The minimum Gasteiger partial charge on any atom is -0.494 e. The molecule has 1 aromatic carbocycles. The van der Waals surface area contributed by atoms with Crippen molar-refractivity contribution in [1.29, 1.82) is 0 Å². The lowest BCUT2D eigenvalue weighted by molar-refractivity contribution is -0.136. The fraction of sp³-hybridized carbons (Fsp3) is 0.609. The topological polar surface area (TPSA) is 41.6 Å². The highest BCUT2D eigenvalue weighted by molar-refractivity contribution is 5.80. The lowest BCUT2D eigenvalue weighted by atomic mass is 9.90. The highest BCUT2D eigenvalue weighted by Crippen LogP contribution is 2.29. The number of benzene rings is 1. The molecule has 1 aliphatic heterocycles. The van der Waals surface area contributed by atoms with Crippen LogP contribution < -0.4 is 10.1 Å². The Morgan fingerprint density at radius 3 is 2.73 bits per heavy atom. The first-order valence-corrected chi connectivity index (χ1v) is 10.7. The summed E-state index contributed by atoms with van der Waals surface area (Å²) in [6.45, 7) is 7.46. The van der Waals surface area contributed by atoms with Crippen LogP contribution >= 0.6 is 0 Å². The Bertz CT molecular complexity index is 768. The largest absolute Gasteiger partial charge is 0.494 e. The van der Waals surface area contributed by atoms with E-state index in [0.717, 1.165) is 44.6 Å². The lowest BCUT2D eigenvalue weighted by Gasteiger charge is -2.39. The van der Waals surface area contributed by atoms with Crippen LogP contribution in [0.15, 0.2) is 23.8 Å². The Morgan fingerprint density at radius 2 is 2.03 bits per heavy atom. The van der Waals surface area contributed by atoms with Gasteiger partial charge in [-0.1, -0.05) is 31.6 Å². The molecular weight excluding hydrogens is 393 g/mol. The maximum Gasteiger partial charge on any atom is 0.389 e. The predicted molar refractivity (Wildman–Crippen MR) is 111 cm³/mol. The first-order valence-electron chi connectivity index (χ1n) is 10.7. The summed E-state index contributed by atoms with van der Waals surface area (Å²) in [5, 5.41) is 3.00. The molecule has 1 saturated heterocycles. The van der Waals surface area contributed by atoms with Crippen LogP contribution in [0.2, 0.25) is 0 Å². The van der Waals surface area contributed by atoms with E-state index in [9.17, 15) is 18.0 Å². The van der Waals surface area contributed by atoms with Gasteiger partial charge in [0.15, 0.2) is 0 Å².